The van der Waals surface area contributed by atoms with Gasteiger partial charge in [0.1, 0.15) is 0 Å². The second kappa shape index (κ2) is 5.03. The van der Waals surface area contributed by atoms with Crippen molar-refractivity contribution in [1.82, 2.24) is 5.32 Å². The summed E-state index contributed by atoms with van der Waals surface area (Å²) >= 11 is 0. The van der Waals surface area contributed by atoms with Gasteiger partial charge < -0.3 is 14.8 Å². The fourth-order valence-electron chi connectivity index (χ4n) is 1.85. The fraction of sp³-hybridized carbons (Fsp3) is 1.00. The third-order valence-electron chi connectivity index (χ3n) is 2.42. The zero-order chi connectivity index (χ0) is 12.4. The first-order valence-corrected chi connectivity index (χ1v) is 6.21. The molecule has 16 heavy (non-hydrogen) atoms. The molecule has 3 heteroatoms. The van der Waals surface area contributed by atoms with Gasteiger partial charge in [-0.05, 0) is 48.0 Å². The smallest absolute Gasteiger partial charge is 0.0722 e. The van der Waals surface area contributed by atoms with Gasteiger partial charge in [-0.2, -0.15) is 0 Å². The lowest BCUT2D eigenvalue weighted by atomic mass is 10.1. The highest BCUT2D eigenvalue weighted by Crippen LogP contribution is 2.19. The Morgan fingerprint density at radius 2 is 1.69 bits per heavy atom. The molecule has 1 aliphatic rings. The topological polar surface area (TPSA) is 30.5 Å². The normalized spacial score (nSPS) is 27.4. The minimum atomic E-state index is -0.0509. The van der Waals surface area contributed by atoms with Gasteiger partial charge in [-0.3, -0.25) is 0 Å². The van der Waals surface area contributed by atoms with Gasteiger partial charge in [0, 0.05) is 12.6 Å². The van der Waals surface area contributed by atoms with E-state index >= 15 is 0 Å². The van der Waals surface area contributed by atoms with E-state index in [0.29, 0.717) is 12.1 Å². The van der Waals surface area contributed by atoms with Gasteiger partial charge in [-0.1, -0.05) is 0 Å². The molecule has 1 fully saturated rings. The lowest BCUT2D eigenvalue weighted by molar-refractivity contribution is -0.0547. The number of hydrogen-bond acceptors (Lipinski definition) is 3. The standard InChI is InChI=1S/C13H27NO2/c1-12(2,3)15-9-10-7-11(8-14-10)16-13(4,5)6/h10-11,14H,7-9H2,1-6H3/t10-,11+/m0/s1. The summed E-state index contributed by atoms with van der Waals surface area (Å²) in [6, 6.07) is 0.437. The first-order chi connectivity index (χ1) is 7.16. The van der Waals surface area contributed by atoms with Crippen molar-refractivity contribution in [3.8, 4) is 0 Å². The summed E-state index contributed by atoms with van der Waals surface area (Å²) in [5, 5.41) is 3.45. The van der Waals surface area contributed by atoms with E-state index in [1.54, 1.807) is 0 Å². The molecule has 3 nitrogen and oxygen atoms in total. The molecular formula is C13H27NO2. The van der Waals surface area contributed by atoms with Gasteiger partial charge in [0.25, 0.3) is 0 Å². The maximum Gasteiger partial charge on any atom is 0.0722 e. The Morgan fingerprint density at radius 3 is 2.19 bits per heavy atom. The molecule has 1 heterocycles. The molecule has 2 atom stereocenters. The molecule has 0 aromatic heterocycles. The van der Waals surface area contributed by atoms with Gasteiger partial charge in [0.2, 0.25) is 0 Å². The Kier molecular flexibility index (Phi) is 4.38. The maximum absolute atomic E-state index is 5.94. The molecule has 96 valence electrons. The largest absolute Gasteiger partial charge is 0.374 e. The zero-order valence-electron chi connectivity index (χ0n) is 11.6. The monoisotopic (exact) mass is 229 g/mol. The Hall–Kier alpha value is -0.120. The van der Waals surface area contributed by atoms with Gasteiger partial charge in [0.05, 0.1) is 23.9 Å². The van der Waals surface area contributed by atoms with Crippen molar-refractivity contribution in [3.05, 3.63) is 0 Å². The van der Waals surface area contributed by atoms with Crippen molar-refractivity contribution >= 4 is 0 Å². The lowest BCUT2D eigenvalue weighted by Crippen LogP contribution is -2.31. The summed E-state index contributed by atoms with van der Waals surface area (Å²) in [4.78, 5) is 0. The summed E-state index contributed by atoms with van der Waals surface area (Å²) in [5.41, 5.74) is -0.100. The summed E-state index contributed by atoms with van der Waals surface area (Å²) in [6.45, 7) is 14.3. The summed E-state index contributed by atoms with van der Waals surface area (Å²) in [7, 11) is 0. The van der Waals surface area contributed by atoms with E-state index < -0.39 is 0 Å². The average Bonchev–Trinajstić information content (AvgIpc) is 2.44. The maximum atomic E-state index is 5.94. The van der Waals surface area contributed by atoms with Crippen LogP contribution in [0, 0.1) is 0 Å². The first kappa shape index (κ1) is 13.9. The average molecular weight is 229 g/mol. The molecule has 1 N–H and O–H groups in total. The highest BCUT2D eigenvalue weighted by atomic mass is 16.5. The quantitative estimate of drug-likeness (QED) is 0.806. The van der Waals surface area contributed by atoms with Gasteiger partial charge in [-0.15, -0.1) is 0 Å². The van der Waals surface area contributed by atoms with Gasteiger partial charge in [0.15, 0.2) is 0 Å². The van der Waals surface area contributed by atoms with Crippen molar-refractivity contribution < 1.29 is 9.47 Å². The Balaban J connectivity index is 2.25. The van der Waals surface area contributed by atoms with E-state index in [1.165, 1.54) is 0 Å². The predicted octanol–water partition coefficient (Wildman–Crippen LogP) is 2.35. The van der Waals surface area contributed by atoms with Crippen molar-refractivity contribution in [2.24, 2.45) is 0 Å². The van der Waals surface area contributed by atoms with Crippen molar-refractivity contribution in [1.29, 1.82) is 0 Å². The Bertz CT molecular complexity index is 215. The predicted molar refractivity (Wildman–Crippen MR) is 66.7 cm³/mol. The third-order valence-corrected chi connectivity index (χ3v) is 2.42. The molecular weight excluding hydrogens is 202 g/mol. The Morgan fingerprint density at radius 1 is 1.06 bits per heavy atom. The molecule has 1 aliphatic heterocycles. The second-order valence-corrected chi connectivity index (χ2v) is 6.62. The molecule has 0 spiro atoms. The zero-order valence-corrected chi connectivity index (χ0v) is 11.6. The van der Waals surface area contributed by atoms with Crippen LogP contribution in [0.25, 0.3) is 0 Å². The van der Waals surface area contributed by atoms with Crippen LogP contribution in [-0.4, -0.2) is 36.5 Å². The van der Waals surface area contributed by atoms with Crippen molar-refractivity contribution in [2.45, 2.75) is 71.3 Å². The second-order valence-electron chi connectivity index (χ2n) is 6.62. The highest BCUT2D eigenvalue weighted by molar-refractivity contribution is 4.84. The lowest BCUT2D eigenvalue weighted by Gasteiger charge is -2.25. The fourth-order valence-corrected chi connectivity index (χ4v) is 1.85. The van der Waals surface area contributed by atoms with Gasteiger partial charge in [-0.25, -0.2) is 0 Å². The molecule has 0 saturated carbocycles. The number of hydrogen-bond donors (Lipinski definition) is 1. The summed E-state index contributed by atoms with van der Waals surface area (Å²) in [6.07, 6.45) is 1.38. The van der Waals surface area contributed by atoms with Crippen molar-refractivity contribution in [2.75, 3.05) is 13.2 Å². The van der Waals surface area contributed by atoms with Crippen molar-refractivity contribution in [3.63, 3.8) is 0 Å². The molecule has 0 aromatic rings. The molecule has 0 amide bonds. The SMILES string of the molecule is CC(C)(C)OC[C@@H]1C[C@@H](OC(C)(C)C)CN1. The van der Waals surface area contributed by atoms with Crippen LogP contribution < -0.4 is 5.32 Å². The van der Waals surface area contributed by atoms with Gasteiger partial charge >= 0.3 is 0 Å². The van der Waals surface area contributed by atoms with Crippen LogP contribution in [0.4, 0.5) is 0 Å². The summed E-state index contributed by atoms with van der Waals surface area (Å²) < 4.78 is 11.7. The van der Waals surface area contributed by atoms with E-state index in [-0.39, 0.29) is 11.2 Å². The number of ether oxygens (including phenoxy) is 2. The number of rotatable bonds is 3. The molecule has 0 aliphatic carbocycles. The molecule has 0 aromatic carbocycles. The first-order valence-electron chi connectivity index (χ1n) is 6.21. The molecule has 0 unspecified atom stereocenters. The van der Waals surface area contributed by atoms with Crippen LogP contribution in [0.1, 0.15) is 48.0 Å². The van der Waals surface area contributed by atoms with Crippen LogP contribution in [0.5, 0.6) is 0 Å². The third kappa shape index (κ3) is 5.83. The van der Waals surface area contributed by atoms with E-state index in [9.17, 15) is 0 Å². The number of nitrogens with one attached hydrogen (secondary N) is 1. The van der Waals surface area contributed by atoms with Crippen LogP contribution in [-0.2, 0) is 9.47 Å². The molecule has 1 saturated heterocycles. The highest BCUT2D eigenvalue weighted by Gasteiger charge is 2.29. The van der Waals surface area contributed by atoms with E-state index in [4.69, 9.17) is 9.47 Å². The minimum Gasteiger partial charge on any atom is -0.374 e. The van der Waals surface area contributed by atoms with E-state index in [0.717, 1.165) is 19.6 Å². The van der Waals surface area contributed by atoms with Crippen LogP contribution >= 0.6 is 0 Å². The van der Waals surface area contributed by atoms with E-state index in [1.807, 2.05) is 0 Å². The van der Waals surface area contributed by atoms with Crippen LogP contribution in [0.2, 0.25) is 0 Å². The van der Waals surface area contributed by atoms with E-state index in [2.05, 4.69) is 46.9 Å². The van der Waals surface area contributed by atoms with Crippen LogP contribution in [0.15, 0.2) is 0 Å². The Labute approximate surface area is 99.9 Å². The molecule has 1 rings (SSSR count). The van der Waals surface area contributed by atoms with Crippen LogP contribution in [0.3, 0.4) is 0 Å². The molecule has 0 radical (unpaired) electrons. The molecule has 0 bridgehead atoms. The minimum absolute atomic E-state index is 0.0495. The summed E-state index contributed by atoms with van der Waals surface area (Å²) in [5.74, 6) is 0.